The summed E-state index contributed by atoms with van der Waals surface area (Å²) < 4.78 is 23.1. The maximum Gasteiger partial charge on any atom is 0.238 e. The molecule has 0 fully saturated rings. The van der Waals surface area contributed by atoms with Crippen molar-refractivity contribution < 1.29 is 8.42 Å². The van der Waals surface area contributed by atoms with Gasteiger partial charge in [-0.1, -0.05) is 24.6 Å². The van der Waals surface area contributed by atoms with Crippen molar-refractivity contribution >= 4 is 15.7 Å². The van der Waals surface area contributed by atoms with Crippen molar-refractivity contribution in [3.05, 3.63) is 35.4 Å². The molecule has 1 aliphatic carbocycles. The fraction of sp³-hybridized carbons (Fsp3) is 0.500. The van der Waals surface area contributed by atoms with E-state index in [1.165, 1.54) is 5.57 Å². The van der Waals surface area contributed by atoms with Gasteiger partial charge >= 0.3 is 0 Å². The van der Waals surface area contributed by atoms with Crippen LogP contribution >= 0.6 is 0 Å². The van der Waals surface area contributed by atoms with Gasteiger partial charge < -0.3 is 5.32 Å². The van der Waals surface area contributed by atoms with Crippen LogP contribution in [0.5, 0.6) is 0 Å². The van der Waals surface area contributed by atoms with E-state index in [9.17, 15) is 8.42 Å². The largest absolute Gasteiger partial charge is 0.385 e. The van der Waals surface area contributed by atoms with Crippen molar-refractivity contribution in [2.24, 2.45) is 17.0 Å². The lowest BCUT2D eigenvalue weighted by Gasteiger charge is -2.26. The van der Waals surface area contributed by atoms with E-state index in [1.807, 2.05) is 6.07 Å². The number of nitrogens with one attached hydrogen (secondary N) is 1. The van der Waals surface area contributed by atoms with Crippen molar-refractivity contribution in [2.75, 3.05) is 11.9 Å². The number of nitrogens with two attached hydrogens (primary N) is 1. The smallest absolute Gasteiger partial charge is 0.238 e. The summed E-state index contributed by atoms with van der Waals surface area (Å²) in [7, 11) is -3.67. The fourth-order valence-corrected chi connectivity index (χ4v) is 4.02. The monoisotopic (exact) mass is 308 g/mol. The molecule has 0 heterocycles. The van der Waals surface area contributed by atoms with Crippen molar-refractivity contribution in [3.63, 3.8) is 0 Å². The molecule has 2 unspecified atom stereocenters. The minimum Gasteiger partial charge on any atom is -0.385 e. The van der Waals surface area contributed by atoms with Gasteiger partial charge in [0.25, 0.3) is 0 Å². The summed E-state index contributed by atoms with van der Waals surface area (Å²) >= 11 is 0. The predicted octanol–water partition coefficient (Wildman–Crippen LogP) is 3.05. The van der Waals surface area contributed by atoms with Crippen LogP contribution in [0.15, 0.2) is 34.7 Å². The van der Waals surface area contributed by atoms with Crippen molar-refractivity contribution in [3.8, 4) is 0 Å². The highest BCUT2D eigenvalue weighted by Crippen LogP contribution is 2.29. The molecule has 1 aromatic rings. The average molecular weight is 308 g/mol. The summed E-state index contributed by atoms with van der Waals surface area (Å²) in [5, 5.41) is 8.63. The summed E-state index contributed by atoms with van der Waals surface area (Å²) in [5.41, 5.74) is 2.98. The van der Waals surface area contributed by atoms with Gasteiger partial charge in [0.15, 0.2) is 0 Å². The fourth-order valence-electron chi connectivity index (χ4n) is 3.21. The van der Waals surface area contributed by atoms with E-state index in [4.69, 9.17) is 5.14 Å². The third-order valence-electron chi connectivity index (χ3n) is 4.06. The summed E-state index contributed by atoms with van der Waals surface area (Å²) in [6.07, 6.45) is 4.60. The van der Waals surface area contributed by atoms with E-state index in [1.54, 1.807) is 19.1 Å². The number of benzene rings is 1. The van der Waals surface area contributed by atoms with Crippen LogP contribution in [0.25, 0.3) is 0 Å². The number of allylic oxidation sites excluding steroid dienone is 2. The molecule has 0 bridgehead atoms. The van der Waals surface area contributed by atoms with E-state index in [-0.39, 0.29) is 4.90 Å². The molecule has 0 aromatic heterocycles. The summed E-state index contributed by atoms with van der Waals surface area (Å²) in [4.78, 5) is 0.195. The van der Waals surface area contributed by atoms with E-state index >= 15 is 0 Å². The molecule has 2 rings (SSSR count). The van der Waals surface area contributed by atoms with Gasteiger partial charge in [0.1, 0.15) is 0 Å². The molecule has 0 radical (unpaired) electrons. The number of anilines is 1. The quantitative estimate of drug-likeness (QED) is 0.840. The van der Waals surface area contributed by atoms with Crippen molar-refractivity contribution in [1.29, 1.82) is 0 Å². The van der Waals surface area contributed by atoms with Gasteiger partial charge in [0.05, 0.1) is 4.90 Å². The Labute approximate surface area is 127 Å². The van der Waals surface area contributed by atoms with E-state index in [2.05, 4.69) is 25.2 Å². The molecule has 0 aliphatic heterocycles. The second-order valence-electron chi connectivity index (χ2n) is 6.15. The second-order valence-corrected chi connectivity index (χ2v) is 7.68. The Morgan fingerprint density at radius 3 is 2.67 bits per heavy atom. The number of rotatable bonds is 4. The van der Waals surface area contributed by atoms with Crippen LogP contribution in [0.1, 0.15) is 32.3 Å². The molecular formula is C16H24N2O2S. The molecule has 0 amide bonds. The van der Waals surface area contributed by atoms with Gasteiger partial charge in [0.2, 0.25) is 10.0 Å². The number of hydrogen-bond acceptors (Lipinski definition) is 3. The van der Waals surface area contributed by atoms with Crippen LogP contribution in [0.3, 0.4) is 0 Å². The zero-order chi connectivity index (χ0) is 15.6. The Morgan fingerprint density at radius 1 is 1.33 bits per heavy atom. The van der Waals surface area contributed by atoms with Gasteiger partial charge in [-0.15, -0.1) is 0 Å². The van der Waals surface area contributed by atoms with Crippen LogP contribution < -0.4 is 10.5 Å². The highest BCUT2D eigenvalue weighted by atomic mass is 32.2. The van der Waals surface area contributed by atoms with Crippen LogP contribution in [0.4, 0.5) is 5.69 Å². The normalized spacial score (nSPS) is 22.8. The first-order chi connectivity index (χ1) is 9.77. The Bertz CT molecular complexity index is 650. The molecule has 5 heteroatoms. The molecule has 116 valence electrons. The van der Waals surface area contributed by atoms with Gasteiger partial charge in [-0.3, -0.25) is 0 Å². The van der Waals surface area contributed by atoms with Crippen LogP contribution in [0, 0.1) is 18.8 Å². The SMILES string of the molecule is CC1=CC(C)CC(CNc2cccc(S(N)(=O)=O)c2C)C1. The molecule has 1 aliphatic rings. The molecule has 21 heavy (non-hydrogen) atoms. The van der Waals surface area contributed by atoms with Gasteiger partial charge in [0, 0.05) is 12.2 Å². The standard InChI is InChI=1S/C16H24N2O2S/c1-11-7-12(2)9-14(8-11)10-18-15-5-4-6-16(13(15)3)21(17,19)20/h4-7,11,14,18H,8-10H2,1-3H3,(H2,17,19,20). The van der Waals surface area contributed by atoms with Gasteiger partial charge in [-0.2, -0.15) is 0 Å². The van der Waals surface area contributed by atoms with Crippen molar-refractivity contribution in [2.45, 2.75) is 38.5 Å². The molecule has 4 nitrogen and oxygen atoms in total. The Balaban J connectivity index is 2.10. The minimum absolute atomic E-state index is 0.195. The lowest BCUT2D eigenvalue weighted by Crippen LogP contribution is -2.21. The topological polar surface area (TPSA) is 72.2 Å². The highest BCUT2D eigenvalue weighted by molar-refractivity contribution is 7.89. The Hall–Kier alpha value is -1.33. The van der Waals surface area contributed by atoms with Crippen LogP contribution in [-0.2, 0) is 10.0 Å². The van der Waals surface area contributed by atoms with Crippen LogP contribution in [0.2, 0.25) is 0 Å². The minimum atomic E-state index is -3.67. The third-order valence-corrected chi connectivity index (χ3v) is 5.11. The van der Waals surface area contributed by atoms with Crippen LogP contribution in [-0.4, -0.2) is 15.0 Å². The first-order valence-corrected chi connectivity index (χ1v) is 8.85. The molecular weight excluding hydrogens is 284 g/mol. The molecule has 1 aromatic carbocycles. The lowest BCUT2D eigenvalue weighted by atomic mass is 9.83. The Morgan fingerprint density at radius 2 is 2.05 bits per heavy atom. The first-order valence-electron chi connectivity index (χ1n) is 7.31. The second kappa shape index (κ2) is 6.20. The lowest BCUT2D eigenvalue weighted by molar-refractivity contribution is 0.421. The summed E-state index contributed by atoms with van der Waals surface area (Å²) in [6.45, 7) is 7.05. The van der Waals surface area contributed by atoms with E-state index in [0.717, 1.165) is 25.1 Å². The molecule has 3 N–H and O–H groups in total. The number of hydrogen-bond donors (Lipinski definition) is 2. The highest BCUT2D eigenvalue weighted by Gasteiger charge is 2.19. The van der Waals surface area contributed by atoms with E-state index < -0.39 is 10.0 Å². The zero-order valence-electron chi connectivity index (χ0n) is 12.9. The molecule has 0 saturated heterocycles. The summed E-state index contributed by atoms with van der Waals surface area (Å²) in [6, 6.07) is 5.17. The van der Waals surface area contributed by atoms with E-state index in [0.29, 0.717) is 17.4 Å². The predicted molar refractivity (Wildman–Crippen MR) is 86.7 cm³/mol. The summed E-state index contributed by atoms with van der Waals surface area (Å²) in [5.74, 6) is 1.20. The average Bonchev–Trinajstić information content (AvgIpc) is 2.35. The van der Waals surface area contributed by atoms with Gasteiger partial charge in [-0.05, 0) is 56.2 Å². The third kappa shape index (κ3) is 4.08. The maximum absolute atomic E-state index is 11.5. The Kier molecular flexibility index (Phi) is 4.74. The first kappa shape index (κ1) is 16.0. The molecule has 2 atom stereocenters. The zero-order valence-corrected chi connectivity index (χ0v) is 13.7. The molecule has 0 spiro atoms. The maximum atomic E-state index is 11.5. The molecule has 0 saturated carbocycles. The number of sulfonamides is 1. The number of primary sulfonamides is 1. The van der Waals surface area contributed by atoms with Crippen molar-refractivity contribution in [1.82, 2.24) is 0 Å². The van der Waals surface area contributed by atoms with Gasteiger partial charge in [-0.25, -0.2) is 13.6 Å².